The number of nitrogens with two attached hydrogens (primary N) is 1. The third-order valence-electron chi connectivity index (χ3n) is 5.85. The second kappa shape index (κ2) is 11.2. The molecule has 0 aliphatic heterocycles. The van der Waals surface area contributed by atoms with Crippen LogP contribution in [-0.2, 0) is 21.2 Å². The molecule has 1 unspecified atom stereocenters. The Morgan fingerprint density at radius 1 is 0.974 bits per heavy atom. The molecule has 0 radical (unpaired) electrons. The number of nitrogens with zero attached hydrogens (tertiary/aromatic N) is 2. The lowest BCUT2D eigenvalue weighted by Gasteiger charge is -2.16. The number of aromatic hydroxyl groups is 1. The first-order valence-corrected chi connectivity index (χ1v) is 13.9. The molecule has 4 aromatic rings. The highest BCUT2D eigenvalue weighted by atomic mass is 32.2. The highest BCUT2D eigenvalue weighted by Crippen LogP contribution is 2.45. The lowest BCUT2D eigenvalue weighted by atomic mass is 10.0. The van der Waals surface area contributed by atoms with Crippen molar-refractivity contribution < 1.29 is 26.8 Å². The number of benzene rings is 4. The predicted molar refractivity (Wildman–Crippen MR) is 153 cm³/mol. The molecule has 13 heteroatoms. The van der Waals surface area contributed by atoms with Gasteiger partial charge >= 0.3 is 0 Å². The molecule has 0 spiro atoms. The van der Waals surface area contributed by atoms with E-state index in [9.17, 15) is 26.8 Å². The van der Waals surface area contributed by atoms with Gasteiger partial charge in [0.05, 0.1) is 35.1 Å². The van der Waals surface area contributed by atoms with Crippen LogP contribution in [-0.4, -0.2) is 39.5 Å². The number of nitrogens with one attached hydrogen (secondary N) is 2. The largest absolute Gasteiger partial charge is 0.768 e. The van der Waals surface area contributed by atoms with E-state index in [1.165, 1.54) is 49.1 Å². The van der Waals surface area contributed by atoms with E-state index in [1.54, 1.807) is 13.0 Å². The first kappa shape index (κ1) is 27.7. The summed E-state index contributed by atoms with van der Waals surface area (Å²) in [5.41, 5.74) is 9.09. The van der Waals surface area contributed by atoms with Crippen LogP contribution in [0.5, 0.6) is 5.75 Å². The minimum absolute atomic E-state index is 0.0109. The van der Waals surface area contributed by atoms with E-state index >= 15 is 0 Å². The van der Waals surface area contributed by atoms with Crippen molar-refractivity contribution in [3.05, 3.63) is 71.8 Å². The smallest absolute Gasteiger partial charge is 0.295 e. The number of phenols is 1. The zero-order valence-electron chi connectivity index (χ0n) is 20.7. The monoisotopic (exact) mass is 566 g/mol. The Balaban J connectivity index is 1.75. The van der Waals surface area contributed by atoms with Gasteiger partial charge in [-0.05, 0) is 78.5 Å². The van der Waals surface area contributed by atoms with Crippen LogP contribution in [0.3, 0.4) is 0 Å². The van der Waals surface area contributed by atoms with Crippen LogP contribution in [0.4, 0.5) is 28.4 Å². The number of aliphatic imine (C=N–C) groups is 2. The SMILES string of the molecule is Cc1ccccc1N=CNc1cc(S(=O)(=O)O)c2cc(C)c(N=CNc3ccc(S(=O)[O-])cc3)c(O)c2c1N. The Morgan fingerprint density at radius 2 is 1.64 bits per heavy atom. The number of rotatable bonds is 8. The molecule has 0 aliphatic rings. The zero-order chi connectivity index (χ0) is 28.3. The summed E-state index contributed by atoms with van der Waals surface area (Å²) in [5, 5.41) is 16.8. The predicted octanol–water partition coefficient (Wildman–Crippen LogP) is 4.77. The highest BCUT2D eigenvalue weighted by molar-refractivity contribution is 7.86. The number of nitrogen functional groups attached to an aromatic ring is 1. The molecule has 0 heterocycles. The molecule has 0 amide bonds. The van der Waals surface area contributed by atoms with Gasteiger partial charge < -0.3 is 26.0 Å². The fourth-order valence-corrected chi connectivity index (χ4v) is 4.95. The van der Waals surface area contributed by atoms with Gasteiger partial charge in [0.1, 0.15) is 10.6 Å². The molecule has 202 valence electrons. The van der Waals surface area contributed by atoms with Crippen molar-refractivity contribution in [3.63, 3.8) is 0 Å². The van der Waals surface area contributed by atoms with Crippen LogP contribution in [0.15, 0.2) is 80.4 Å². The van der Waals surface area contributed by atoms with E-state index < -0.39 is 31.8 Å². The molecule has 0 fully saturated rings. The van der Waals surface area contributed by atoms with Crippen molar-refractivity contribution >= 4 is 73.1 Å². The minimum atomic E-state index is -4.71. The molecule has 0 bridgehead atoms. The fraction of sp³-hybridized carbons (Fsp3) is 0.0769. The first-order valence-electron chi connectivity index (χ1n) is 11.4. The maximum absolute atomic E-state index is 12.2. The lowest BCUT2D eigenvalue weighted by Crippen LogP contribution is -2.06. The molecule has 11 nitrogen and oxygen atoms in total. The van der Waals surface area contributed by atoms with E-state index in [0.717, 1.165) is 5.56 Å². The summed E-state index contributed by atoms with van der Waals surface area (Å²) in [6, 6.07) is 15.9. The number of phenolic OH excluding ortho intramolecular Hbond substituents is 1. The van der Waals surface area contributed by atoms with Crippen LogP contribution in [0.2, 0.25) is 0 Å². The summed E-state index contributed by atoms with van der Waals surface area (Å²) in [4.78, 5) is 8.25. The summed E-state index contributed by atoms with van der Waals surface area (Å²) >= 11 is -2.35. The van der Waals surface area contributed by atoms with E-state index in [-0.39, 0.29) is 32.7 Å². The Labute approximate surface area is 227 Å². The number of hydrogen-bond donors (Lipinski definition) is 5. The van der Waals surface area contributed by atoms with Gasteiger partial charge in [0, 0.05) is 16.0 Å². The standard InChI is InChI=1S/C26H25N5O6S2/c1-15-5-3-4-6-20(15)29-14-30-21-12-22(39(35,36)37)19-11-16(2)25(26(32)23(19)24(21)27)31-13-28-17-7-9-18(10-8-17)38(33)34/h3-14,32H,27H2,1-2H3,(H,28,31)(H,29,30)(H,33,34)(H,35,36,37)/p-1. The van der Waals surface area contributed by atoms with Crippen molar-refractivity contribution in [2.24, 2.45) is 9.98 Å². The third kappa shape index (κ3) is 6.07. The Kier molecular flexibility index (Phi) is 7.97. The fourth-order valence-electron chi connectivity index (χ4n) is 3.89. The first-order chi connectivity index (χ1) is 18.5. The van der Waals surface area contributed by atoms with Crippen molar-refractivity contribution in [3.8, 4) is 5.75 Å². The Morgan fingerprint density at radius 3 is 2.28 bits per heavy atom. The van der Waals surface area contributed by atoms with E-state index in [0.29, 0.717) is 16.9 Å². The summed E-state index contributed by atoms with van der Waals surface area (Å²) in [6.07, 6.45) is 2.61. The summed E-state index contributed by atoms with van der Waals surface area (Å²) < 4.78 is 56.5. The van der Waals surface area contributed by atoms with Gasteiger partial charge in [-0.2, -0.15) is 8.42 Å². The average Bonchev–Trinajstić information content (AvgIpc) is 2.87. The molecule has 4 rings (SSSR count). The van der Waals surface area contributed by atoms with E-state index in [1.807, 2.05) is 25.1 Å². The van der Waals surface area contributed by atoms with Crippen molar-refractivity contribution in [1.29, 1.82) is 0 Å². The number of aryl methyl sites for hydroxylation is 2. The Bertz CT molecular complexity index is 1750. The molecule has 1 atom stereocenters. The van der Waals surface area contributed by atoms with Gasteiger partial charge in [-0.1, -0.05) is 18.2 Å². The number of hydrogen-bond acceptors (Lipinski definition) is 8. The Hall–Kier alpha value is -4.30. The summed E-state index contributed by atoms with van der Waals surface area (Å²) in [6.45, 7) is 3.49. The molecule has 39 heavy (non-hydrogen) atoms. The van der Waals surface area contributed by atoms with Gasteiger partial charge in [-0.25, -0.2) is 9.98 Å². The topological polar surface area (TPSA) is 190 Å². The lowest BCUT2D eigenvalue weighted by molar-refractivity contribution is 0.482. The quantitative estimate of drug-likeness (QED) is 0.0657. The van der Waals surface area contributed by atoms with Crippen molar-refractivity contribution in [1.82, 2.24) is 0 Å². The molecule has 0 aliphatic carbocycles. The maximum atomic E-state index is 12.2. The maximum Gasteiger partial charge on any atom is 0.295 e. The molecule has 4 aromatic carbocycles. The minimum Gasteiger partial charge on any atom is -0.768 e. The molecular formula is C26H24N5O6S2-. The molecule has 0 saturated heterocycles. The van der Waals surface area contributed by atoms with Gasteiger partial charge in [0.25, 0.3) is 10.1 Å². The zero-order valence-corrected chi connectivity index (χ0v) is 22.4. The van der Waals surface area contributed by atoms with Gasteiger partial charge in [0.2, 0.25) is 0 Å². The van der Waals surface area contributed by atoms with Crippen molar-refractivity contribution in [2.75, 3.05) is 16.4 Å². The second-order valence-electron chi connectivity index (χ2n) is 8.47. The average molecular weight is 567 g/mol. The molecule has 0 aromatic heterocycles. The van der Waals surface area contributed by atoms with Gasteiger partial charge in [-0.3, -0.25) is 8.76 Å². The van der Waals surface area contributed by atoms with Gasteiger partial charge in [0.15, 0.2) is 5.75 Å². The van der Waals surface area contributed by atoms with Crippen LogP contribution >= 0.6 is 0 Å². The number of anilines is 3. The van der Waals surface area contributed by atoms with Crippen molar-refractivity contribution in [2.45, 2.75) is 23.6 Å². The molecule has 0 saturated carbocycles. The summed E-state index contributed by atoms with van der Waals surface area (Å²) in [7, 11) is -4.71. The van der Waals surface area contributed by atoms with Crippen LogP contribution in [0, 0.1) is 13.8 Å². The van der Waals surface area contributed by atoms with E-state index in [4.69, 9.17) is 5.73 Å². The van der Waals surface area contributed by atoms with Crippen LogP contribution < -0.4 is 16.4 Å². The van der Waals surface area contributed by atoms with Crippen LogP contribution in [0.1, 0.15) is 11.1 Å². The van der Waals surface area contributed by atoms with Crippen LogP contribution in [0.25, 0.3) is 10.8 Å². The second-order valence-corrected chi connectivity index (χ2v) is 10.8. The number of fused-ring (bicyclic) bond motifs is 1. The summed E-state index contributed by atoms with van der Waals surface area (Å²) in [5.74, 6) is -0.401. The molecular weight excluding hydrogens is 542 g/mol. The molecule has 6 N–H and O–H groups in total. The van der Waals surface area contributed by atoms with Gasteiger partial charge in [-0.15, -0.1) is 0 Å². The number of para-hydroxylation sites is 1. The third-order valence-corrected chi connectivity index (χ3v) is 7.40. The highest BCUT2D eigenvalue weighted by Gasteiger charge is 2.23. The normalized spacial score (nSPS) is 12.8. The van der Waals surface area contributed by atoms with E-state index in [2.05, 4.69) is 20.6 Å².